The number of aromatic nitrogens is 3. The molecule has 3 aromatic rings. The number of aryl methyl sites for hydroxylation is 1. The quantitative estimate of drug-likeness (QED) is 0.805. The van der Waals surface area contributed by atoms with Crippen LogP contribution in [0.5, 0.6) is 0 Å². The summed E-state index contributed by atoms with van der Waals surface area (Å²) in [6.45, 7) is 2.53. The van der Waals surface area contributed by atoms with E-state index in [0.717, 1.165) is 29.4 Å². The lowest BCUT2D eigenvalue weighted by Gasteiger charge is -2.12. The minimum atomic E-state index is -0.377. The van der Waals surface area contributed by atoms with E-state index in [2.05, 4.69) is 15.4 Å². The predicted molar refractivity (Wildman–Crippen MR) is 91.2 cm³/mol. The van der Waals surface area contributed by atoms with Crippen LogP contribution in [0.3, 0.4) is 0 Å². The first-order chi connectivity index (χ1) is 11.7. The number of carbonyl (C=O) groups excluding carboxylic acids is 1. The van der Waals surface area contributed by atoms with Gasteiger partial charge in [-0.1, -0.05) is 18.2 Å². The van der Waals surface area contributed by atoms with Gasteiger partial charge < -0.3 is 10.1 Å². The highest BCUT2D eigenvalue weighted by molar-refractivity contribution is 5.94. The van der Waals surface area contributed by atoms with Gasteiger partial charge in [-0.2, -0.15) is 9.78 Å². The number of para-hydroxylation sites is 1. The van der Waals surface area contributed by atoms with Gasteiger partial charge in [0.1, 0.15) is 11.9 Å². The molecular weight excluding hydrogens is 304 g/mol. The van der Waals surface area contributed by atoms with Crippen molar-refractivity contribution in [2.24, 2.45) is 0 Å². The van der Waals surface area contributed by atoms with Crippen LogP contribution < -0.4 is 5.32 Å². The Bertz CT molecular complexity index is 897. The molecular formula is C18H18N4O2. The van der Waals surface area contributed by atoms with Crippen molar-refractivity contribution in [2.45, 2.75) is 25.9 Å². The van der Waals surface area contributed by atoms with Crippen LogP contribution in [0.1, 0.15) is 18.5 Å². The molecule has 6 heteroatoms. The van der Waals surface area contributed by atoms with E-state index in [1.807, 2.05) is 49.4 Å². The molecule has 2 aromatic heterocycles. The van der Waals surface area contributed by atoms with E-state index in [-0.39, 0.29) is 12.0 Å². The molecule has 0 aliphatic carbocycles. The van der Waals surface area contributed by atoms with Crippen molar-refractivity contribution in [3.8, 4) is 5.82 Å². The van der Waals surface area contributed by atoms with Gasteiger partial charge in [-0.15, -0.1) is 0 Å². The van der Waals surface area contributed by atoms with Crippen LogP contribution in [0.2, 0.25) is 0 Å². The van der Waals surface area contributed by atoms with Crippen LogP contribution in [-0.4, -0.2) is 33.4 Å². The van der Waals surface area contributed by atoms with Crippen molar-refractivity contribution in [3.63, 3.8) is 0 Å². The smallest absolute Gasteiger partial charge is 0.254 e. The highest BCUT2D eigenvalue weighted by Gasteiger charge is 2.25. The third kappa shape index (κ3) is 2.76. The molecule has 0 bridgehead atoms. The van der Waals surface area contributed by atoms with Gasteiger partial charge in [0.05, 0.1) is 11.2 Å². The number of pyridine rings is 1. The SMILES string of the molecule is Cc1cc(NC(=O)C2CCCO2)n(-c2ccc3ccccc3n2)n1. The molecule has 1 saturated heterocycles. The average Bonchev–Trinajstić information content (AvgIpc) is 3.24. The van der Waals surface area contributed by atoms with Crippen LogP contribution in [0.25, 0.3) is 16.7 Å². The fourth-order valence-electron chi connectivity index (χ4n) is 2.93. The number of anilines is 1. The highest BCUT2D eigenvalue weighted by atomic mass is 16.5. The number of nitrogens with one attached hydrogen (secondary N) is 1. The maximum atomic E-state index is 12.3. The van der Waals surface area contributed by atoms with Crippen molar-refractivity contribution in [1.29, 1.82) is 0 Å². The average molecular weight is 322 g/mol. The second kappa shape index (κ2) is 6.05. The Morgan fingerprint density at radius 1 is 1.29 bits per heavy atom. The van der Waals surface area contributed by atoms with Gasteiger partial charge in [-0.05, 0) is 38.0 Å². The minimum Gasteiger partial charge on any atom is -0.368 e. The first kappa shape index (κ1) is 14.8. The highest BCUT2D eigenvalue weighted by Crippen LogP contribution is 2.20. The summed E-state index contributed by atoms with van der Waals surface area (Å²) in [6, 6.07) is 13.6. The summed E-state index contributed by atoms with van der Waals surface area (Å²) in [5, 5.41) is 8.45. The normalized spacial score (nSPS) is 17.3. The number of hydrogen-bond donors (Lipinski definition) is 1. The van der Waals surface area contributed by atoms with Gasteiger partial charge in [0.15, 0.2) is 5.82 Å². The van der Waals surface area contributed by atoms with E-state index in [4.69, 9.17) is 4.74 Å². The number of amides is 1. The molecule has 1 atom stereocenters. The monoisotopic (exact) mass is 322 g/mol. The van der Waals surface area contributed by atoms with E-state index >= 15 is 0 Å². The third-order valence-electron chi connectivity index (χ3n) is 4.11. The largest absolute Gasteiger partial charge is 0.368 e. The van der Waals surface area contributed by atoms with Gasteiger partial charge in [0.2, 0.25) is 0 Å². The van der Waals surface area contributed by atoms with E-state index in [9.17, 15) is 4.79 Å². The molecule has 0 spiro atoms. The van der Waals surface area contributed by atoms with E-state index in [0.29, 0.717) is 18.2 Å². The predicted octanol–water partition coefficient (Wildman–Crippen LogP) is 2.85. The van der Waals surface area contributed by atoms with E-state index in [1.54, 1.807) is 4.68 Å². The van der Waals surface area contributed by atoms with Crippen LogP contribution in [-0.2, 0) is 9.53 Å². The Morgan fingerprint density at radius 2 is 2.17 bits per heavy atom. The van der Waals surface area contributed by atoms with E-state index < -0.39 is 0 Å². The first-order valence-corrected chi connectivity index (χ1v) is 8.06. The lowest BCUT2D eigenvalue weighted by Crippen LogP contribution is -2.28. The zero-order valence-corrected chi connectivity index (χ0v) is 13.4. The molecule has 122 valence electrons. The van der Waals surface area contributed by atoms with Gasteiger partial charge in [-0.25, -0.2) is 4.98 Å². The number of carbonyl (C=O) groups is 1. The molecule has 1 fully saturated rings. The maximum absolute atomic E-state index is 12.3. The van der Waals surface area contributed by atoms with Crippen molar-refractivity contribution in [3.05, 3.63) is 48.2 Å². The Morgan fingerprint density at radius 3 is 3.00 bits per heavy atom. The summed E-state index contributed by atoms with van der Waals surface area (Å²) in [6.07, 6.45) is 1.30. The zero-order valence-electron chi connectivity index (χ0n) is 13.4. The summed E-state index contributed by atoms with van der Waals surface area (Å²) >= 11 is 0. The Balaban J connectivity index is 1.68. The summed E-state index contributed by atoms with van der Waals surface area (Å²) < 4.78 is 7.10. The number of rotatable bonds is 3. The molecule has 1 N–H and O–H groups in total. The molecule has 0 radical (unpaired) electrons. The van der Waals surface area contributed by atoms with Gasteiger partial charge >= 0.3 is 0 Å². The maximum Gasteiger partial charge on any atom is 0.254 e. The topological polar surface area (TPSA) is 69.0 Å². The first-order valence-electron chi connectivity index (χ1n) is 8.06. The molecule has 1 unspecified atom stereocenters. The van der Waals surface area contributed by atoms with Crippen molar-refractivity contribution >= 4 is 22.6 Å². The lowest BCUT2D eigenvalue weighted by atomic mass is 10.2. The molecule has 1 amide bonds. The molecule has 0 saturated carbocycles. The second-order valence-corrected chi connectivity index (χ2v) is 5.94. The summed E-state index contributed by atoms with van der Waals surface area (Å²) in [7, 11) is 0. The molecule has 1 aliphatic rings. The molecule has 6 nitrogen and oxygen atoms in total. The number of fused-ring (bicyclic) bond motifs is 1. The summed E-state index contributed by atoms with van der Waals surface area (Å²) in [5.41, 5.74) is 1.70. The van der Waals surface area contributed by atoms with Crippen LogP contribution in [0.4, 0.5) is 5.82 Å². The Labute approximate surface area is 139 Å². The fraction of sp³-hybridized carbons (Fsp3) is 0.278. The van der Waals surface area contributed by atoms with Gasteiger partial charge in [-0.3, -0.25) is 4.79 Å². The zero-order chi connectivity index (χ0) is 16.5. The van der Waals surface area contributed by atoms with Crippen LogP contribution in [0.15, 0.2) is 42.5 Å². The molecule has 4 rings (SSSR count). The Kier molecular flexibility index (Phi) is 3.74. The molecule has 1 aromatic carbocycles. The molecule has 1 aliphatic heterocycles. The van der Waals surface area contributed by atoms with Crippen LogP contribution in [0, 0.1) is 6.92 Å². The second-order valence-electron chi connectivity index (χ2n) is 5.94. The summed E-state index contributed by atoms with van der Waals surface area (Å²) in [4.78, 5) is 17.0. The number of hydrogen-bond acceptors (Lipinski definition) is 4. The van der Waals surface area contributed by atoms with Crippen LogP contribution >= 0.6 is 0 Å². The number of benzene rings is 1. The van der Waals surface area contributed by atoms with Crippen molar-refractivity contribution in [2.75, 3.05) is 11.9 Å². The number of nitrogens with zero attached hydrogens (tertiary/aromatic N) is 3. The van der Waals surface area contributed by atoms with Gasteiger partial charge in [0.25, 0.3) is 5.91 Å². The fourth-order valence-corrected chi connectivity index (χ4v) is 2.93. The summed E-state index contributed by atoms with van der Waals surface area (Å²) in [5.74, 6) is 1.15. The third-order valence-corrected chi connectivity index (χ3v) is 4.11. The molecule has 24 heavy (non-hydrogen) atoms. The standard InChI is InChI=1S/C18H18N4O2/c1-12-11-17(20-18(23)15-7-4-10-24-15)22(21-12)16-9-8-13-5-2-3-6-14(13)19-16/h2-3,5-6,8-9,11,15H,4,7,10H2,1H3,(H,20,23). The molecule has 3 heterocycles. The lowest BCUT2D eigenvalue weighted by molar-refractivity contribution is -0.124. The number of ether oxygens (including phenoxy) is 1. The van der Waals surface area contributed by atoms with E-state index in [1.165, 1.54) is 0 Å². The van der Waals surface area contributed by atoms with Crippen molar-refractivity contribution in [1.82, 2.24) is 14.8 Å². The minimum absolute atomic E-state index is 0.130. The van der Waals surface area contributed by atoms with Gasteiger partial charge in [0, 0.05) is 18.1 Å². The Hall–Kier alpha value is -2.73. The van der Waals surface area contributed by atoms with Crippen molar-refractivity contribution < 1.29 is 9.53 Å².